The van der Waals surface area contributed by atoms with Gasteiger partial charge in [0, 0.05) is 9.79 Å². The largest absolute Gasteiger partial charge is 0.145 e. The number of rotatable bonds is 2. The average molecular weight is 171 g/mol. The second-order valence-electron chi connectivity index (χ2n) is 1.76. The van der Waals surface area contributed by atoms with Crippen LogP contribution in [0.1, 0.15) is 0 Å². The molecule has 0 amide bonds. The first-order chi connectivity index (χ1) is 4.86. The molecule has 0 heterocycles. The molecule has 0 saturated carbocycles. The summed E-state index contributed by atoms with van der Waals surface area (Å²) in [5.74, 6) is 0. The van der Waals surface area contributed by atoms with Crippen LogP contribution < -0.4 is 0 Å². The number of hydrogen-bond acceptors (Lipinski definition) is 2. The second-order valence-corrected chi connectivity index (χ2v) is 3.28. The van der Waals surface area contributed by atoms with E-state index in [2.05, 4.69) is 0 Å². The van der Waals surface area contributed by atoms with Crippen LogP contribution in [-0.4, -0.2) is 6.26 Å². The van der Waals surface area contributed by atoms with Crippen molar-refractivity contribution in [2.45, 2.75) is 9.79 Å². The molecule has 0 fully saturated rings. The molecule has 3 heteroatoms. The van der Waals surface area contributed by atoms with Crippen LogP contribution in [0.3, 0.4) is 0 Å². The summed E-state index contributed by atoms with van der Waals surface area (Å²) in [5.41, 5.74) is 0. The van der Waals surface area contributed by atoms with Gasteiger partial charge < -0.3 is 0 Å². The lowest BCUT2D eigenvalue weighted by molar-refractivity contribution is 0.531. The fourth-order valence-corrected chi connectivity index (χ4v) is 1.29. The van der Waals surface area contributed by atoms with Gasteiger partial charge in [-0.15, -0.1) is 16.3 Å². The molecule has 53 valence electrons. The molecule has 0 aliphatic rings. The minimum atomic E-state index is 0.529. The average Bonchev–Trinajstić information content (AvgIpc) is 2.05. The molecule has 0 N–H and O–H groups in total. The van der Waals surface area contributed by atoms with Gasteiger partial charge in [0.15, 0.2) is 0 Å². The minimum Gasteiger partial charge on any atom is -0.145 e. The third kappa shape index (κ3) is 1.94. The van der Waals surface area contributed by atoms with Crippen LogP contribution in [0.15, 0.2) is 34.1 Å². The lowest BCUT2D eigenvalue weighted by Gasteiger charge is -1.94. The lowest BCUT2D eigenvalue weighted by Crippen LogP contribution is -1.69. The van der Waals surface area contributed by atoms with Crippen LogP contribution in [0.4, 0.5) is 0 Å². The van der Waals surface area contributed by atoms with Crippen LogP contribution in [0.25, 0.3) is 0 Å². The lowest BCUT2D eigenvalue weighted by atomic mass is 10.4. The van der Waals surface area contributed by atoms with Crippen LogP contribution in [0.2, 0.25) is 0 Å². The highest BCUT2D eigenvalue weighted by Crippen LogP contribution is 2.19. The van der Waals surface area contributed by atoms with Crippen molar-refractivity contribution in [1.82, 2.24) is 0 Å². The van der Waals surface area contributed by atoms with E-state index in [1.165, 1.54) is 4.90 Å². The van der Waals surface area contributed by atoms with Gasteiger partial charge in [0.1, 0.15) is 0 Å². The topological polar surface area (TPSA) is 19.9 Å². The summed E-state index contributed by atoms with van der Waals surface area (Å²) >= 11 is 2.21. The zero-order valence-electron chi connectivity index (χ0n) is 5.53. The SMILES string of the molecule is CSc1ccc(S[O])cc1. The molecular weight excluding hydrogens is 164 g/mol. The van der Waals surface area contributed by atoms with Gasteiger partial charge >= 0.3 is 0 Å². The zero-order chi connectivity index (χ0) is 7.40. The second kappa shape index (κ2) is 3.91. The number of benzene rings is 1. The molecule has 0 unspecified atom stereocenters. The molecule has 0 aliphatic carbocycles. The summed E-state index contributed by atoms with van der Waals surface area (Å²) in [4.78, 5) is 1.97. The van der Waals surface area contributed by atoms with Gasteiger partial charge in [0.05, 0.1) is 12.0 Å². The Kier molecular flexibility index (Phi) is 3.12. The van der Waals surface area contributed by atoms with Crippen LogP contribution in [-0.2, 0) is 4.55 Å². The van der Waals surface area contributed by atoms with Gasteiger partial charge in [0.2, 0.25) is 0 Å². The Hall–Kier alpha value is -0.120. The fraction of sp³-hybridized carbons (Fsp3) is 0.143. The molecule has 1 rings (SSSR count). The highest BCUT2D eigenvalue weighted by atomic mass is 32.2. The van der Waals surface area contributed by atoms with Gasteiger partial charge in [-0.05, 0) is 30.5 Å². The van der Waals surface area contributed by atoms with Crippen molar-refractivity contribution in [2.75, 3.05) is 6.26 Å². The van der Waals surface area contributed by atoms with E-state index in [1.54, 1.807) is 11.8 Å². The third-order valence-corrected chi connectivity index (χ3v) is 2.36. The van der Waals surface area contributed by atoms with Crippen molar-refractivity contribution in [2.24, 2.45) is 0 Å². The summed E-state index contributed by atoms with van der Waals surface area (Å²) in [6.07, 6.45) is 2.01. The van der Waals surface area contributed by atoms with Gasteiger partial charge in [0.25, 0.3) is 0 Å². The molecule has 0 atom stereocenters. The number of thioether (sulfide) groups is 1. The Balaban J connectivity index is 2.80. The van der Waals surface area contributed by atoms with Gasteiger partial charge in [-0.25, -0.2) is 0 Å². The van der Waals surface area contributed by atoms with E-state index in [9.17, 15) is 4.55 Å². The quantitative estimate of drug-likeness (QED) is 0.503. The highest BCUT2D eigenvalue weighted by Gasteiger charge is 1.91. The number of hydrogen-bond donors (Lipinski definition) is 0. The summed E-state index contributed by atoms with van der Waals surface area (Å²) in [5, 5.41) is 0. The maximum atomic E-state index is 10.2. The Morgan fingerprint density at radius 2 is 1.60 bits per heavy atom. The summed E-state index contributed by atoms with van der Waals surface area (Å²) in [7, 11) is 0. The van der Waals surface area contributed by atoms with Crippen molar-refractivity contribution in [3.63, 3.8) is 0 Å². The highest BCUT2D eigenvalue weighted by molar-refractivity contribution is 7.98. The third-order valence-electron chi connectivity index (χ3n) is 1.16. The first-order valence-corrected chi connectivity index (χ1v) is 4.77. The Morgan fingerprint density at radius 1 is 1.10 bits per heavy atom. The summed E-state index contributed by atoms with van der Waals surface area (Å²) in [6.45, 7) is 0. The van der Waals surface area contributed by atoms with E-state index >= 15 is 0 Å². The molecule has 1 nitrogen and oxygen atoms in total. The first-order valence-electron chi connectivity index (χ1n) is 2.80. The normalized spacial score (nSPS) is 9.80. The van der Waals surface area contributed by atoms with Crippen LogP contribution in [0.5, 0.6) is 0 Å². The summed E-state index contributed by atoms with van der Waals surface area (Å²) < 4.78 is 10.2. The van der Waals surface area contributed by atoms with Crippen molar-refractivity contribution >= 4 is 23.8 Å². The van der Waals surface area contributed by atoms with Gasteiger partial charge in [-0.2, -0.15) is 0 Å². The Bertz CT molecular complexity index is 172. The predicted octanol–water partition coefficient (Wildman–Crippen LogP) is 2.85. The van der Waals surface area contributed by atoms with Crippen molar-refractivity contribution < 1.29 is 4.55 Å². The van der Waals surface area contributed by atoms with Crippen LogP contribution >= 0.6 is 23.8 Å². The molecular formula is C7H7OS2. The standard InChI is InChI=1S/C7H7OS2/c1-9-6-2-4-7(10-8)5-3-6/h2-5H,1H3. The van der Waals surface area contributed by atoms with Crippen molar-refractivity contribution in [3.8, 4) is 0 Å². The molecule has 0 bridgehead atoms. The van der Waals surface area contributed by atoms with E-state index in [-0.39, 0.29) is 0 Å². The summed E-state index contributed by atoms with van der Waals surface area (Å²) in [6, 6.07) is 7.57. The molecule has 10 heavy (non-hydrogen) atoms. The van der Waals surface area contributed by atoms with Crippen LogP contribution in [0, 0.1) is 0 Å². The van der Waals surface area contributed by atoms with E-state index in [0.29, 0.717) is 12.0 Å². The van der Waals surface area contributed by atoms with Gasteiger partial charge in [-0.3, -0.25) is 0 Å². The molecule has 1 aromatic rings. The molecule has 0 aromatic heterocycles. The Labute approximate surface area is 69.0 Å². The van der Waals surface area contributed by atoms with E-state index in [0.717, 1.165) is 4.90 Å². The fourth-order valence-electron chi connectivity index (χ4n) is 0.631. The van der Waals surface area contributed by atoms with E-state index < -0.39 is 0 Å². The van der Waals surface area contributed by atoms with E-state index in [1.807, 2.05) is 30.5 Å². The van der Waals surface area contributed by atoms with Crippen molar-refractivity contribution in [3.05, 3.63) is 24.3 Å². The molecule has 1 radical (unpaired) electrons. The van der Waals surface area contributed by atoms with Crippen molar-refractivity contribution in [1.29, 1.82) is 0 Å². The first kappa shape index (κ1) is 7.98. The Morgan fingerprint density at radius 3 is 2.00 bits per heavy atom. The molecule has 0 aliphatic heterocycles. The zero-order valence-corrected chi connectivity index (χ0v) is 7.17. The smallest absolute Gasteiger partial charge is 0.0695 e. The maximum Gasteiger partial charge on any atom is 0.0695 e. The maximum absolute atomic E-state index is 10.2. The molecule has 0 saturated heterocycles. The predicted molar refractivity (Wildman–Crippen MR) is 44.8 cm³/mol. The molecule has 1 aromatic carbocycles. The van der Waals surface area contributed by atoms with E-state index in [4.69, 9.17) is 0 Å². The molecule has 0 spiro atoms. The van der Waals surface area contributed by atoms with Gasteiger partial charge in [-0.1, -0.05) is 0 Å². The minimum absolute atomic E-state index is 0.529. The monoisotopic (exact) mass is 171 g/mol.